The summed E-state index contributed by atoms with van der Waals surface area (Å²) in [6.45, 7) is 0.973. The van der Waals surface area contributed by atoms with Gasteiger partial charge in [-0.3, -0.25) is 4.90 Å². The Labute approximate surface area is 113 Å². The van der Waals surface area contributed by atoms with Crippen LogP contribution in [0.3, 0.4) is 0 Å². The van der Waals surface area contributed by atoms with E-state index in [0.29, 0.717) is 18.7 Å². The van der Waals surface area contributed by atoms with Crippen molar-refractivity contribution in [2.75, 3.05) is 13.6 Å². The first-order chi connectivity index (χ1) is 9.07. The average molecular weight is 268 g/mol. The van der Waals surface area contributed by atoms with Gasteiger partial charge in [-0.25, -0.2) is 8.78 Å². The molecule has 0 radical (unpaired) electrons. The molecule has 2 rings (SSSR count). The number of likely N-dealkylation sites (N-methyl/N-ethyl adjacent to an activating group) is 1. The van der Waals surface area contributed by atoms with Crippen molar-refractivity contribution in [3.05, 3.63) is 35.4 Å². The van der Waals surface area contributed by atoms with E-state index in [9.17, 15) is 8.78 Å². The summed E-state index contributed by atoms with van der Waals surface area (Å²) >= 11 is 0. The maximum Gasteiger partial charge on any atom is 0.127 e. The second-order valence-corrected chi connectivity index (χ2v) is 5.58. The normalized spacial score (nSPS) is 18.8. The number of hydrogen-bond donors (Lipinski definition) is 1. The Bertz CT molecular complexity index is 428. The molecule has 1 saturated carbocycles. The minimum Gasteiger partial charge on any atom is -0.329 e. The SMILES string of the molecule is CN(Cc1cc(F)ccc1F)C1(CN)CCCCC1. The molecule has 106 valence electrons. The largest absolute Gasteiger partial charge is 0.329 e. The number of nitrogens with two attached hydrogens (primary N) is 1. The fourth-order valence-corrected chi connectivity index (χ4v) is 3.04. The monoisotopic (exact) mass is 268 g/mol. The maximum absolute atomic E-state index is 13.7. The third-order valence-electron chi connectivity index (χ3n) is 4.39. The lowest BCUT2D eigenvalue weighted by molar-refractivity contribution is 0.0748. The highest BCUT2D eigenvalue weighted by Crippen LogP contribution is 2.33. The smallest absolute Gasteiger partial charge is 0.127 e. The second kappa shape index (κ2) is 5.97. The molecule has 0 atom stereocenters. The molecule has 0 saturated heterocycles. The summed E-state index contributed by atoms with van der Waals surface area (Å²) in [4.78, 5) is 2.10. The minimum absolute atomic E-state index is 0.0585. The Kier molecular flexibility index (Phi) is 4.53. The van der Waals surface area contributed by atoms with E-state index in [0.717, 1.165) is 31.7 Å². The highest BCUT2D eigenvalue weighted by molar-refractivity contribution is 5.19. The molecule has 0 aliphatic heterocycles. The van der Waals surface area contributed by atoms with Gasteiger partial charge in [0.2, 0.25) is 0 Å². The van der Waals surface area contributed by atoms with E-state index in [-0.39, 0.29) is 11.4 Å². The predicted octanol–water partition coefficient (Wildman–Crippen LogP) is 3.06. The van der Waals surface area contributed by atoms with Crippen molar-refractivity contribution in [3.8, 4) is 0 Å². The highest BCUT2D eigenvalue weighted by Gasteiger charge is 2.34. The summed E-state index contributed by atoms with van der Waals surface area (Å²) in [5.41, 5.74) is 6.30. The summed E-state index contributed by atoms with van der Waals surface area (Å²) in [6, 6.07) is 3.62. The van der Waals surface area contributed by atoms with E-state index in [1.807, 2.05) is 7.05 Å². The molecular weight excluding hydrogens is 246 g/mol. The van der Waals surface area contributed by atoms with Crippen LogP contribution in [0.25, 0.3) is 0 Å². The Morgan fingerprint density at radius 3 is 2.53 bits per heavy atom. The van der Waals surface area contributed by atoms with Crippen molar-refractivity contribution in [2.24, 2.45) is 5.73 Å². The summed E-state index contributed by atoms with van der Waals surface area (Å²) in [5.74, 6) is -0.744. The molecule has 2 nitrogen and oxygen atoms in total. The summed E-state index contributed by atoms with van der Waals surface area (Å²) in [7, 11) is 1.96. The molecular formula is C15H22F2N2. The highest BCUT2D eigenvalue weighted by atomic mass is 19.1. The molecule has 0 amide bonds. The second-order valence-electron chi connectivity index (χ2n) is 5.58. The summed E-state index contributed by atoms with van der Waals surface area (Å²) < 4.78 is 26.9. The van der Waals surface area contributed by atoms with E-state index in [2.05, 4.69) is 4.90 Å². The van der Waals surface area contributed by atoms with Gasteiger partial charge < -0.3 is 5.73 Å². The zero-order chi connectivity index (χ0) is 13.9. The number of rotatable bonds is 4. The van der Waals surface area contributed by atoms with Crippen LogP contribution in [-0.4, -0.2) is 24.0 Å². The first-order valence-corrected chi connectivity index (χ1v) is 6.93. The third-order valence-corrected chi connectivity index (χ3v) is 4.39. The predicted molar refractivity (Wildman–Crippen MR) is 72.7 cm³/mol. The van der Waals surface area contributed by atoms with Crippen LogP contribution >= 0.6 is 0 Å². The van der Waals surface area contributed by atoms with E-state index in [1.165, 1.54) is 18.6 Å². The van der Waals surface area contributed by atoms with Crippen molar-refractivity contribution < 1.29 is 8.78 Å². The first-order valence-electron chi connectivity index (χ1n) is 6.93. The number of benzene rings is 1. The lowest BCUT2D eigenvalue weighted by atomic mass is 9.80. The molecule has 4 heteroatoms. The zero-order valence-corrected chi connectivity index (χ0v) is 11.5. The van der Waals surface area contributed by atoms with Crippen molar-refractivity contribution in [2.45, 2.75) is 44.2 Å². The van der Waals surface area contributed by atoms with Gasteiger partial charge in [0.1, 0.15) is 11.6 Å². The van der Waals surface area contributed by atoms with Gasteiger partial charge in [-0.1, -0.05) is 19.3 Å². The molecule has 1 aliphatic rings. The van der Waals surface area contributed by atoms with Crippen molar-refractivity contribution in [1.29, 1.82) is 0 Å². The maximum atomic E-state index is 13.7. The zero-order valence-electron chi connectivity index (χ0n) is 11.5. The fraction of sp³-hybridized carbons (Fsp3) is 0.600. The summed E-state index contributed by atoms with van der Waals surface area (Å²) in [5, 5.41) is 0. The fourth-order valence-electron chi connectivity index (χ4n) is 3.04. The Balaban J connectivity index is 2.14. The Morgan fingerprint density at radius 1 is 1.21 bits per heavy atom. The van der Waals surface area contributed by atoms with Crippen molar-refractivity contribution in [1.82, 2.24) is 4.90 Å². The average Bonchev–Trinajstić information content (AvgIpc) is 2.43. The van der Waals surface area contributed by atoms with Crippen LogP contribution in [0.1, 0.15) is 37.7 Å². The molecule has 0 aromatic heterocycles. The van der Waals surface area contributed by atoms with Crippen LogP contribution < -0.4 is 5.73 Å². The van der Waals surface area contributed by atoms with Crippen LogP contribution in [0, 0.1) is 11.6 Å². The van der Waals surface area contributed by atoms with E-state index >= 15 is 0 Å². The lowest BCUT2D eigenvalue weighted by Gasteiger charge is -2.44. The minimum atomic E-state index is -0.393. The van der Waals surface area contributed by atoms with Gasteiger partial charge in [0, 0.05) is 24.2 Å². The Hall–Kier alpha value is -1.00. The van der Waals surface area contributed by atoms with Gasteiger partial charge in [0.25, 0.3) is 0 Å². The quantitative estimate of drug-likeness (QED) is 0.909. The molecule has 0 unspecified atom stereocenters. The van der Waals surface area contributed by atoms with E-state index in [1.54, 1.807) is 0 Å². The van der Waals surface area contributed by atoms with Crippen LogP contribution in [-0.2, 0) is 6.54 Å². The van der Waals surface area contributed by atoms with Crippen LogP contribution in [0.5, 0.6) is 0 Å². The van der Waals surface area contributed by atoms with Crippen molar-refractivity contribution in [3.63, 3.8) is 0 Å². The topological polar surface area (TPSA) is 29.3 Å². The summed E-state index contributed by atoms with van der Waals surface area (Å²) in [6.07, 6.45) is 5.64. The van der Waals surface area contributed by atoms with Gasteiger partial charge >= 0.3 is 0 Å². The van der Waals surface area contributed by atoms with Crippen LogP contribution in [0.15, 0.2) is 18.2 Å². The van der Waals surface area contributed by atoms with E-state index < -0.39 is 5.82 Å². The number of nitrogens with zero attached hydrogens (tertiary/aromatic N) is 1. The molecule has 1 aromatic rings. The number of halogens is 2. The number of hydrogen-bond acceptors (Lipinski definition) is 2. The van der Waals surface area contributed by atoms with E-state index in [4.69, 9.17) is 5.73 Å². The van der Waals surface area contributed by atoms with Gasteiger partial charge in [-0.15, -0.1) is 0 Å². The molecule has 0 heterocycles. The Morgan fingerprint density at radius 2 is 1.89 bits per heavy atom. The molecule has 0 bridgehead atoms. The van der Waals surface area contributed by atoms with Crippen LogP contribution in [0.2, 0.25) is 0 Å². The van der Waals surface area contributed by atoms with Gasteiger partial charge in [-0.05, 0) is 38.1 Å². The molecule has 1 fully saturated rings. The molecule has 1 aliphatic carbocycles. The molecule has 19 heavy (non-hydrogen) atoms. The van der Waals surface area contributed by atoms with Crippen LogP contribution in [0.4, 0.5) is 8.78 Å². The molecule has 2 N–H and O–H groups in total. The molecule has 1 aromatic carbocycles. The van der Waals surface area contributed by atoms with Gasteiger partial charge in [0.05, 0.1) is 0 Å². The first kappa shape index (κ1) is 14.4. The van der Waals surface area contributed by atoms with Gasteiger partial charge in [-0.2, -0.15) is 0 Å². The van der Waals surface area contributed by atoms with Gasteiger partial charge in [0.15, 0.2) is 0 Å². The third kappa shape index (κ3) is 3.12. The molecule has 0 spiro atoms. The lowest BCUT2D eigenvalue weighted by Crippen LogP contribution is -2.52. The standard InChI is InChI=1S/C15H22F2N2/c1-19(15(11-18)7-3-2-4-8-15)10-12-9-13(16)5-6-14(12)17/h5-6,9H,2-4,7-8,10-11,18H2,1H3. The van der Waals surface area contributed by atoms with Crippen molar-refractivity contribution >= 4 is 0 Å².